The summed E-state index contributed by atoms with van der Waals surface area (Å²) in [7, 11) is 0. The van der Waals surface area contributed by atoms with Crippen molar-refractivity contribution < 1.29 is 24.6 Å². The van der Waals surface area contributed by atoms with Crippen LogP contribution in [0.15, 0.2) is 0 Å². The Bertz CT molecular complexity index is 329. The predicted molar refractivity (Wildman–Crippen MR) is 69.8 cm³/mol. The van der Waals surface area contributed by atoms with Gasteiger partial charge in [-0.2, -0.15) is 0 Å². The lowest BCUT2D eigenvalue weighted by Crippen LogP contribution is -2.47. The zero-order valence-corrected chi connectivity index (χ0v) is 11.8. The third kappa shape index (κ3) is 5.72. The van der Waals surface area contributed by atoms with E-state index in [1.165, 1.54) is 11.8 Å². The number of carboxylic acid groups (broad SMARTS) is 2. The van der Waals surface area contributed by atoms with Gasteiger partial charge in [0.25, 0.3) is 0 Å². The third-order valence-corrected chi connectivity index (χ3v) is 2.90. The highest BCUT2D eigenvalue weighted by Gasteiger charge is 2.30. The molecule has 0 saturated heterocycles. The second kappa shape index (κ2) is 8.50. The second-order valence-electron chi connectivity index (χ2n) is 4.68. The molecule has 110 valence electrons. The van der Waals surface area contributed by atoms with Crippen LogP contribution in [0, 0.1) is 5.92 Å². The monoisotopic (exact) mass is 273 g/mol. The number of hydrogen-bond acceptors (Lipinski definition) is 3. The van der Waals surface area contributed by atoms with E-state index >= 15 is 0 Å². The average Bonchev–Trinajstić information content (AvgIpc) is 2.32. The summed E-state index contributed by atoms with van der Waals surface area (Å²) in [4.78, 5) is 35.3. The zero-order chi connectivity index (χ0) is 15.0. The molecular formula is C13H23NO5. The fraction of sp³-hybridized carbons (Fsp3) is 0.769. The number of amides is 1. The van der Waals surface area contributed by atoms with Gasteiger partial charge in [0.2, 0.25) is 5.91 Å². The number of rotatable bonds is 9. The summed E-state index contributed by atoms with van der Waals surface area (Å²) in [5.74, 6) is -3.19. The Morgan fingerprint density at radius 2 is 1.63 bits per heavy atom. The van der Waals surface area contributed by atoms with Crippen LogP contribution in [0.3, 0.4) is 0 Å². The van der Waals surface area contributed by atoms with Crippen molar-refractivity contribution in [1.82, 2.24) is 4.90 Å². The van der Waals surface area contributed by atoms with E-state index in [1.54, 1.807) is 0 Å². The molecule has 0 spiro atoms. The van der Waals surface area contributed by atoms with Crippen molar-refractivity contribution in [3.8, 4) is 0 Å². The lowest BCUT2D eigenvalue weighted by Gasteiger charge is -2.30. The van der Waals surface area contributed by atoms with Gasteiger partial charge in [0.1, 0.15) is 6.04 Å². The molecule has 6 nitrogen and oxygen atoms in total. The van der Waals surface area contributed by atoms with Crippen LogP contribution in [0.4, 0.5) is 0 Å². The maximum atomic E-state index is 12.0. The minimum absolute atomic E-state index is 0.0644. The maximum absolute atomic E-state index is 12.0. The summed E-state index contributed by atoms with van der Waals surface area (Å²) in [6, 6.07) is -0.939. The molecule has 6 heteroatoms. The van der Waals surface area contributed by atoms with E-state index in [0.29, 0.717) is 19.3 Å². The third-order valence-electron chi connectivity index (χ3n) is 2.90. The van der Waals surface area contributed by atoms with Crippen molar-refractivity contribution >= 4 is 17.8 Å². The van der Waals surface area contributed by atoms with E-state index in [1.807, 2.05) is 13.8 Å². The zero-order valence-electron chi connectivity index (χ0n) is 11.8. The van der Waals surface area contributed by atoms with Crippen molar-refractivity contribution in [2.45, 2.75) is 52.5 Å². The molecule has 0 aromatic heterocycles. The first-order valence-electron chi connectivity index (χ1n) is 6.60. The van der Waals surface area contributed by atoms with Crippen LogP contribution < -0.4 is 0 Å². The Kier molecular flexibility index (Phi) is 7.79. The molecule has 0 aliphatic heterocycles. The average molecular weight is 273 g/mol. The molecular weight excluding hydrogens is 250 g/mol. The van der Waals surface area contributed by atoms with Gasteiger partial charge in [-0.15, -0.1) is 0 Å². The Balaban J connectivity index is 5.05. The number of hydrogen-bond donors (Lipinski definition) is 2. The van der Waals surface area contributed by atoms with E-state index in [9.17, 15) is 19.5 Å². The fourth-order valence-electron chi connectivity index (χ4n) is 1.82. The number of aliphatic carboxylic acids is 2. The summed E-state index contributed by atoms with van der Waals surface area (Å²) < 4.78 is 0. The fourth-order valence-corrected chi connectivity index (χ4v) is 1.82. The van der Waals surface area contributed by atoms with Gasteiger partial charge >= 0.3 is 11.9 Å². The van der Waals surface area contributed by atoms with Gasteiger partial charge in [0.15, 0.2) is 0 Å². The molecule has 0 aromatic rings. The number of nitrogens with zero attached hydrogens (tertiary/aromatic N) is 1. The summed E-state index contributed by atoms with van der Waals surface area (Å²) >= 11 is 0. The van der Waals surface area contributed by atoms with Gasteiger partial charge < -0.3 is 15.1 Å². The highest BCUT2D eigenvalue weighted by atomic mass is 16.4. The molecule has 1 amide bonds. The summed E-state index contributed by atoms with van der Waals surface area (Å²) in [6.07, 6.45) is 1.79. The first kappa shape index (κ1) is 17.4. The Morgan fingerprint density at radius 3 is 2.00 bits per heavy atom. The maximum Gasteiger partial charge on any atom is 0.326 e. The van der Waals surface area contributed by atoms with Gasteiger partial charge in [0.05, 0.1) is 5.92 Å². The van der Waals surface area contributed by atoms with Gasteiger partial charge in [-0.25, -0.2) is 4.79 Å². The molecule has 0 saturated carbocycles. The van der Waals surface area contributed by atoms with Crippen molar-refractivity contribution in [2.24, 2.45) is 5.92 Å². The van der Waals surface area contributed by atoms with Crippen molar-refractivity contribution in [3.05, 3.63) is 0 Å². The molecule has 0 aliphatic carbocycles. The van der Waals surface area contributed by atoms with E-state index in [2.05, 4.69) is 0 Å². The topological polar surface area (TPSA) is 94.9 Å². The van der Waals surface area contributed by atoms with E-state index in [4.69, 9.17) is 5.11 Å². The summed E-state index contributed by atoms with van der Waals surface area (Å²) in [5, 5.41) is 18.1. The summed E-state index contributed by atoms with van der Waals surface area (Å²) in [6.45, 7) is 5.07. The second-order valence-corrected chi connectivity index (χ2v) is 4.68. The molecule has 0 fully saturated rings. The molecule has 2 unspecified atom stereocenters. The molecule has 0 aromatic carbocycles. The lowest BCUT2D eigenvalue weighted by atomic mass is 10.1. The van der Waals surface area contributed by atoms with Crippen LogP contribution in [0.2, 0.25) is 0 Å². The normalized spacial score (nSPS) is 13.6. The van der Waals surface area contributed by atoms with Crippen LogP contribution >= 0.6 is 0 Å². The number of carbonyl (C=O) groups excluding carboxylic acids is 1. The molecule has 0 heterocycles. The standard InChI is InChI=1S/C13H23NO5/c1-4-6-10(13(18)19)14(11(15)7-5-2)8-9(3)12(16)17/h9-10H,4-8H2,1-3H3,(H,16,17)(H,18,19). The largest absolute Gasteiger partial charge is 0.481 e. The van der Waals surface area contributed by atoms with Crippen LogP contribution in [0.25, 0.3) is 0 Å². The minimum Gasteiger partial charge on any atom is -0.481 e. The number of carboxylic acids is 2. The van der Waals surface area contributed by atoms with Gasteiger partial charge in [0, 0.05) is 13.0 Å². The molecule has 0 radical (unpaired) electrons. The smallest absolute Gasteiger partial charge is 0.326 e. The van der Waals surface area contributed by atoms with Gasteiger partial charge in [-0.1, -0.05) is 27.2 Å². The molecule has 0 aliphatic rings. The molecule has 0 bridgehead atoms. The van der Waals surface area contributed by atoms with Crippen molar-refractivity contribution in [1.29, 1.82) is 0 Å². The van der Waals surface area contributed by atoms with E-state index in [0.717, 1.165) is 0 Å². The van der Waals surface area contributed by atoms with Crippen molar-refractivity contribution in [2.75, 3.05) is 6.54 Å². The first-order valence-corrected chi connectivity index (χ1v) is 6.60. The van der Waals surface area contributed by atoms with Crippen LogP contribution in [-0.2, 0) is 14.4 Å². The highest BCUT2D eigenvalue weighted by Crippen LogP contribution is 2.13. The quantitative estimate of drug-likeness (QED) is 0.665. The predicted octanol–water partition coefficient (Wildman–Crippen LogP) is 1.59. The molecule has 2 atom stereocenters. The summed E-state index contributed by atoms with van der Waals surface area (Å²) in [5.41, 5.74) is 0. The molecule has 19 heavy (non-hydrogen) atoms. The van der Waals surface area contributed by atoms with Gasteiger partial charge in [-0.05, 0) is 12.8 Å². The van der Waals surface area contributed by atoms with Crippen LogP contribution in [0.5, 0.6) is 0 Å². The Labute approximate surface area is 113 Å². The van der Waals surface area contributed by atoms with E-state index in [-0.39, 0.29) is 18.9 Å². The first-order chi connectivity index (χ1) is 8.84. The van der Waals surface area contributed by atoms with E-state index < -0.39 is 23.9 Å². The Morgan fingerprint density at radius 1 is 1.05 bits per heavy atom. The SMILES string of the molecule is CCCC(=O)N(CC(C)C(=O)O)C(CCC)C(=O)O. The van der Waals surface area contributed by atoms with Crippen molar-refractivity contribution in [3.63, 3.8) is 0 Å². The number of carbonyl (C=O) groups is 3. The highest BCUT2D eigenvalue weighted by molar-refractivity contribution is 5.84. The minimum atomic E-state index is -1.08. The van der Waals surface area contributed by atoms with Crippen LogP contribution in [0.1, 0.15) is 46.5 Å². The molecule has 2 N–H and O–H groups in total. The molecule has 0 rings (SSSR count). The van der Waals surface area contributed by atoms with Crippen LogP contribution in [-0.4, -0.2) is 45.5 Å². The van der Waals surface area contributed by atoms with Gasteiger partial charge in [-0.3, -0.25) is 9.59 Å². The lowest BCUT2D eigenvalue weighted by molar-refractivity contribution is -0.153. The Hall–Kier alpha value is -1.59.